The summed E-state index contributed by atoms with van der Waals surface area (Å²) >= 11 is 7.03. The van der Waals surface area contributed by atoms with Gasteiger partial charge < -0.3 is 10.1 Å². The van der Waals surface area contributed by atoms with E-state index in [1.807, 2.05) is 18.2 Å². The molecule has 1 unspecified atom stereocenters. The summed E-state index contributed by atoms with van der Waals surface area (Å²) in [7, 11) is 1.69. The van der Waals surface area contributed by atoms with Gasteiger partial charge in [0.15, 0.2) is 0 Å². The molecule has 0 amide bonds. The first-order chi connectivity index (χ1) is 9.60. The van der Waals surface area contributed by atoms with E-state index in [-0.39, 0.29) is 0 Å². The molecule has 2 aromatic carbocycles. The Balaban J connectivity index is 2.02. The number of methoxy groups -OCH3 is 1. The number of halogens is 2. The fourth-order valence-electron chi connectivity index (χ4n) is 1.95. The second kappa shape index (κ2) is 7.25. The average molecular weight is 399 g/mol. The summed E-state index contributed by atoms with van der Waals surface area (Å²) in [5.41, 5.74) is 2.46. The van der Waals surface area contributed by atoms with Crippen molar-refractivity contribution in [2.75, 3.05) is 7.11 Å². The van der Waals surface area contributed by atoms with Crippen molar-refractivity contribution in [3.8, 4) is 5.75 Å². The first-order valence-corrected chi connectivity index (χ1v) is 8.00. The van der Waals surface area contributed by atoms with Gasteiger partial charge in [-0.3, -0.25) is 0 Å². The number of hydrogen-bond donors (Lipinski definition) is 1. The highest BCUT2D eigenvalue weighted by atomic mass is 79.9. The van der Waals surface area contributed by atoms with Crippen molar-refractivity contribution in [3.05, 3.63) is 62.5 Å². The first-order valence-electron chi connectivity index (χ1n) is 6.41. The zero-order valence-corrected chi connectivity index (χ0v) is 14.7. The molecule has 0 saturated carbocycles. The van der Waals surface area contributed by atoms with Gasteiger partial charge in [0.2, 0.25) is 0 Å². The SMILES string of the molecule is COc1ccc(Br)c(CNC(C)c2ccc(Br)cc2)c1. The van der Waals surface area contributed by atoms with E-state index in [0.717, 1.165) is 21.2 Å². The molecule has 2 nitrogen and oxygen atoms in total. The van der Waals surface area contributed by atoms with Crippen LogP contribution in [-0.4, -0.2) is 7.11 Å². The molecule has 0 aromatic heterocycles. The predicted molar refractivity (Wildman–Crippen MR) is 90.1 cm³/mol. The lowest BCUT2D eigenvalue weighted by Gasteiger charge is -2.15. The van der Waals surface area contributed by atoms with E-state index in [0.29, 0.717) is 6.04 Å². The minimum atomic E-state index is 0.293. The predicted octanol–water partition coefficient (Wildman–Crippen LogP) is 5.07. The summed E-state index contributed by atoms with van der Waals surface area (Å²) in [4.78, 5) is 0. The number of rotatable bonds is 5. The van der Waals surface area contributed by atoms with Crippen LogP contribution in [0.15, 0.2) is 51.4 Å². The van der Waals surface area contributed by atoms with Crippen molar-refractivity contribution < 1.29 is 4.74 Å². The average Bonchev–Trinajstić information content (AvgIpc) is 2.47. The molecule has 0 fully saturated rings. The van der Waals surface area contributed by atoms with Crippen LogP contribution in [0, 0.1) is 0 Å². The van der Waals surface area contributed by atoms with Crippen LogP contribution in [0.25, 0.3) is 0 Å². The minimum absolute atomic E-state index is 0.293. The zero-order valence-electron chi connectivity index (χ0n) is 11.5. The van der Waals surface area contributed by atoms with Crippen LogP contribution < -0.4 is 10.1 Å². The van der Waals surface area contributed by atoms with Gasteiger partial charge in [0.1, 0.15) is 5.75 Å². The summed E-state index contributed by atoms with van der Waals surface area (Å²) in [6.07, 6.45) is 0. The Labute approximate surface area is 136 Å². The summed E-state index contributed by atoms with van der Waals surface area (Å²) in [6, 6.07) is 14.7. The van der Waals surface area contributed by atoms with E-state index >= 15 is 0 Å². The topological polar surface area (TPSA) is 21.3 Å². The Morgan fingerprint density at radius 3 is 2.45 bits per heavy atom. The number of nitrogens with one attached hydrogen (secondary N) is 1. The van der Waals surface area contributed by atoms with Crippen LogP contribution in [0.1, 0.15) is 24.1 Å². The fourth-order valence-corrected chi connectivity index (χ4v) is 2.60. The fraction of sp³-hybridized carbons (Fsp3) is 0.250. The zero-order chi connectivity index (χ0) is 14.5. The Morgan fingerprint density at radius 2 is 1.80 bits per heavy atom. The number of hydrogen-bond acceptors (Lipinski definition) is 2. The second-order valence-corrected chi connectivity index (χ2v) is 6.38. The third-order valence-corrected chi connectivity index (χ3v) is 4.52. The van der Waals surface area contributed by atoms with Crippen LogP contribution >= 0.6 is 31.9 Å². The van der Waals surface area contributed by atoms with Gasteiger partial charge in [-0.1, -0.05) is 44.0 Å². The maximum absolute atomic E-state index is 5.26. The van der Waals surface area contributed by atoms with E-state index in [1.54, 1.807) is 7.11 Å². The number of ether oxygens (including phenoxy) is 1. The summed E-state index contributed by atoms with van der Waals surface area (Å²) in [6.45, 7) is 2.95. The molecule has 4 heteroatoms. The summed E-state index contributed by atoms with van der Waals surface area (Å²) < 4.78 is 7.45. The molecule has 106 valence electrons. The van der Waals surface area contributed by atoms with Gasteiger partial charge in [-0.25, -0.2) is 0 Å². The maximum atomic E-state index is 5.26. The van der Waals surface area contributed by atoms with Crippen LogP contribution in [0.2, 0.25) is 0 Å². The van der Waals surface area contributed by atoms with Gasteiger partial charge in [0.25, 0.3) is 0 Å². The van der Waals surface area contributed by atoms with Gasteiger partial charge in [0, 0.05) is 21.5 Å². The third-order valence-electron chi connectivity index (χ3n) is 3.22. The van der Waals surface area contributed by atoms with E-state index in [1.165, 1.54) is 11.1 Å². The van der Waals surface area contributed by atoms with Crippen LogP contribution in [0.3, 0.4) is 0 Å². The van der Waals surface area contributed by atoms with Gasteiger partial charge in [-0.15, -0.1) is 0 Å². The molecule has 0 aliphatic heterocycles. The molecular formula is C16H17Br2NO. The van der Waals surface area contributed by atoms with Crippen molar-refractivity contribution in [3.63, 3.8) is 0 Å². The Hall–Kier alpha value is -0.840. The molecule has 1 atom stereocenters. The van der Waals surface area contributed by atoms with Crippen molar-refractivity contribution in [1.29, 1.82) is 0 Å². The summed E-state index contributed by atoms with van der Waals surface area (Å²) in [5, 5.41) is 3.53. The lowest BCUT2D eigenvalue weighted by atomic mass is 10.1. The molecule has 0 aliphatic rings. The highest BCUT2D eigenvalue weighted by molar-refractivity contribution is 9.10. The molecule has 0 aliphatic carbocycles. The van der Waals surface area contributed by atoms with E-state index < -0.39 is 0 Å². The Kier molecular flexibility index (Phi) is 5.64. The number of benzene rings is 2. The Morgan fingerprint density at radius 1 is 1.10 bits per heavy atom. The van der Waals surface area contributed by atoms with Gasteiger partial charge in [0.05, 0.1) is 7.11 Å². The second-order valence-electron chi connectivity index (χ2n) is 4.61. The maximum Gasteiger partial charge on any atom is 0.119 e. The van der Waals surface area contributed by atoms with E-state index in [2.05, 4.69) is 68.4 Å². The molecule has 2 rings (SSSR count). The monoisotopic (exact) mass is 397 g/mol. The Bertz CT molecular complexity index is 569. The molecule has 0 heterocycles. The molecule has 0 saturated heterocycles. The normalized spacial score (nSPS) is 12.2. The third kappa shape index (κ3) is 4.08. The highest BCUT2D eigenvalue weighted by Gasteiger charge is 2.07. The summed E-state index contributed by atoms with van der Waals surface area (Å²) in [5.74, 6) is 0.876. The highest BCUT2D eigenvalue weighted by Crippen LogP contribution is 2.23. The van der Waals surface area contributed by atoms with Gasteiger partial charge in [-0.05, 0) is 48.4 Å². The molecule has 1 N–H and O–H groups in total. The van der Waals surface area contributed by atoms with Gasteiger partial charge in [-0.2, -0.15) is 0 Å². The largest absolute Gasteiger partial charge is 0.497 e. The molecule has 0 bridgehead atoms. The smallest absolute Gasteiger partial charge is 0.119 e. The van der Waals surface area contributed by atoms with E-state index in [9.17, 15) is 0 Å². The molecular weight excluding hydrogens is 382 g/mol. The molecule has 20 heavy (non-hydrogen) atoms. The first kappa shape index (κ1) is 15.5. The molecule has 0 spiro atoms. The quantitative estimate of drug-likeness (QED) is 0.758. The van der Waals surface area contributed by atoms with Crippen LogP contribution in [-0.2, 0) is 6.54 Å². The van der Waals surface area contributed by atoms with Gasteiger partial charge >= 0.3 is 0 Å². The molecule has 0 radical (unpaired) electrons. The van der Waals surface area contributed by atoms with E-state index in [4.69, 9.17) is 4.74 Å². The van der Waals surface area contributed by atoms with Crippen molar-refractivity contribution in [2.24, 2.45) is 0 Å². The lowest BCUT2D eigenvalue weighted by Crippen LogP contribution is -2.18. The van der Waals surface area contributed by atoms with Crippen LogP contribution in [0.5, 0.6) is 5.75 Å². The van der Waals surface area contributed by atoms with Crippen molar-refractivity contribution in [1.82, 2.24) is 5.32 Å². The lowest BCUT2D eigenvalue weighted by molar-refractivity contribution is 0.413. The van der Waals surface area contributed by atoms with Crippen molar-refractivity contribution >= 4 is 31.9 Å². The minimum Gasteiger partial charge on any atom is -0.497 e. The van der Waals surface area contributed by atoms with Crippen molar-refractivity contribution in [2.45, 2.75) is 19.5 Å². The van der Waals surface area contributed by atoms with Crippen LogP contribution in [0.4, 0.5) is 0 Å². The molecule has 2 aromatic rings. The standard InChI is InChI=1S/C16H17Br2NO/c1-11(12-3-5-14(17)6-4-12)19-10-13-9-15(20-2)7-8-16(13)18/h3-9,11,19H,10H2,1-2H3.